The maximum atomic E-state index is 13.3. The number of ether oxygens (including phenoxy) is 1. The number of nitrogens with zero attached hydrogens (tertiary/aromatic N) is 2. The van der Waals surface area contributed by atoms with E-state index < -0.39 is 40.3 Å². The number of hydrogen-bond acceptors (Lipinski definition) is 8. The van der Waals surface area contributed by atoms with Gasteiger partial charge in [-0.15, -0.1) is 0 Å². The minimum atomic E-state index is -4.34. The molecule has 4 N–H and O–H groups in total. The molecule has 2 heterocycles. The van der Waals surface area contributed by atoms with E-state index in [-0.39, 0.29) is 29.8 Å². The maximum Gasteiger partial charge on any atom is 0.345 e. The zero-order valence-electron chi connectivity index (χ0n) is 25.7. The molecule has 240 valence electrons. The van der Waals surface area contributed by atoms with Gasteiger partial charge in [0.1, 0.15) is 12.4 Å². The van der Waals surface area contributed by atoms with Crippen molar-refractivity contribution in [2.45, 2.75) is 63.2 Å². The molecule has 3 unspecified atom stereocenters. The molecule has 0 bridgehead atoms. The molecule has 1 aliphatic heterocycles. The van der Waals surface area contributed by atoms with Crippen LogP contribution in [0.3, 0.4) is 0 Å². The second-order valence-electron chi connectivity index (χ2n) is 11.4. The van der Waals surface area contributed by atoms with Crippen LogP contribution in [0.5, 0.6) is 0 Å². The van der Waals surface area contributed by atoms with Gasteiger partial charge in [0.15, 0.2) is 0 Å². The molecule has 45 heavy (non-hydrogen) atoms. The predicted octanol–water partition coefficient (Wildman–Crippen LogP) is 2.54. The topological polar surface area (TPSA) is 167 Å². The third-order valence-corrected chi connectivity index (χ3v) is 9.42. The SMILES string of the molecule is Cc1cc(C)c(S(=O)(=O)NC(C)(NC(=O)COC2CC(CNc3ccccn3)N(C(=O)Cc3ccccc3)C2)C(=O)O)c(C)c1. The number of rotatable bonds is 13. The summed E-state index contributed by atoms with van der Waals surface area (Å²) in [6.45, 7) is 6.21. The lowest BCUT2D eigenvalue weighted by molar-refractivity contribution is -0.148. The zero-order chi connectivity index (χ0) is 32.8. The summed E-state index contributed by atoms with van der Waals surface area (Å²) in [4.78, 5) is 44.4. The number of pyridine rings is 1. The molecule has 4 rings (SSSR count). The Hall–Kier alpha value is -4.33. The summed E-state index contributed by atoms with van der Waals surface area (Å²) in [7, 11) is -4.34. The Labute approximate surface area is 263 Å². The van der Waals surface area contributed by atoms with Crippen LogP contribution in [0.4, 0.5) is 5.82 Å². The van der Waals surface area contributed by atoms with E-state index in [2.05, 4.69) is 20.3 Å². The summed E-state index contributed by atoms with van der Waals surface area (Å²) in [5.74, 6) is -1.87. The van der Waals surface area contributed by atoms with Gasteiger partial charge in [-0.25, -0.2) is 18.2 Å². The number of carbonyl (C=O) groups is 3. The normalized spacial score (nSPS) is 17.8. The Kier molecular flexibility index (Phi) is 10.6. The van der Waals surface area contributed by atoms with E-state index in [4.69, 9.17) is 4.74 Å². The molecule has 0 radical (unpaired) electrons. The van der Waals surface area contributed by atoms with Gasteiger partial charge in [-0.2, -0.15) is 4.72 Å². The Balaban J connectivity index is 1.41. The molecule has 1 aromatic heterocycles. The van der Waals surface area contributed by atoms with E-state index >= 15 is 0 Å². The van der Waals surface area contributed by atoms with Gasteiger partial charge in [-0.05, 0) is 62.9 Å². The number of aliphatic carboxylic acids is 1. The van der Waals surface area contributed by atoms with Crippen molar-refractivity contribution in [3.63, 3.8) is 0 Å². The highest BCUT2D eigenvalue weighted by atomic mass is 32.2. The molecule has 2 aromatic carbocycles. The number of nitrogens with one attached hydrogen (secondary N) is 3. The number of carboxylic acid groups (broad SMARTS) is 1. The lowest BCUT2D eigenvalue weighted by atomic mass is 10.1. The number of hydrogen-bond donors (Lipinski definition) is 4. The Morgan fingerprint density at radius 1 is 1.04 bits per heavy atom. The Morgan fingerprint density at radius 2 is 1.71 bits per heavy atom. The van der Waals surface area contributed by atoms with Crippen LogP contribution in [0.2, 0.25) is 0 Å². The number of amides is 2. The first kappa shape index (κ1) is 33.6. The first-order valence-electron chi connectivity index (χ1n) is 14.5. The summed E-state index contributed by atoms with van der Waals surface area (Å²) in [6.07, 6.45) is 1.76. The minimum absolute atomic E-state index is 0.0531. The van der Waals surface area contributed by atoms with Crippen molar-refractivity contribution in [2.75, 3.05) is 25.0 Å². The van der Waals surface area contributed by atoms with Crippen molar-refractivity contribution < 1.29 is 32.6 Å². The number of anilines is 1. The highest BCUT2D eigenvalue weighted by Gasteiger charge is 2.41. The molecular weight excluding hydrogens is 598 g/mol. The zero-order valence-corrected chi connectivity index (χ0v) is 26.6. The summed E-state index contributed by atoms with van der Waals surface area (Å²) in [6, 6.07) is 17.9. The molecular formula is C32H39N5O7S. The number of sulfonamides is 1. The second-order valence-corrected chi connectivity index (χ2v) is 13.1. The highest BCUT2D eigenvalue weighted by molar-refractivity contribution is 7.89. The Bertz CT molecular complexity index is 1610. The van der Waals surface area contributed by atoms with E-state index in [1.54, 1.807) is 43.1 Å². The fourth-order valence-corrected chi connectivity index (χ4v) is 7.34. The predicted molar refractivity (Wildman–Crippen MR) is 168 cm³/mol. The monoisotopic (exact) mass is 637 g/mol. The molecule has 13 heteroatoms. The van der Waals surface area contributed by atoms with Crippen LogP contribution in [0.15, 0.2) is 71.8 Å². The van der Waals surface area contributed by atoms with Gasteiger partial charge in [0.25, 0.3) is 0 Å². The molecule has 3 aromatic rings. The van der Waals surface area contributed by atoms with Gasteiger partial charge in [0.2, 0.25) is 27.5 Å². The van der Waals surface area contributed by atoms with Gasteiger partial charge in [0.05, 0.1) is 23.5 Å². The van der Waals surface area contributed by atoms with E-state index in [0.717, 1.165) is 18.1 Å². The van der Waals surface area contributed by atoms with Gasteiger partial charge in [-0.3, -0.25) is 9.59 Å². The number of carboxylic acids is 1. The molecule has 2 amide bonds. The van der Waals surface area contributed by atoms with E-state index in [1.165, 1.54) is 0 Å². The lowest BCUT2D eigenvalue weighted by Crippen LogP contribution is -2.64. The van der Waals surface area contributed by atoms with E-state index in [9.17, 15) is 27.9 Å². The van der Waals surface area contributed by atoms with Gasteiger partial charge < -0.3 is 25.4 Å². The van der Waals surface area contributed by atoms with Crippen molar-refractivity contribution in [3.8, 4) is 0 Å². The van der Waals surface area contributed by atoms with Crippen LogP contribution in [0.1, 0.15) is 35.6 Å². The van der Waals surface area contributed by atoms with Crippen LogP contribution < -0.4 is 15.4 Å². The summed E-state index contributed by atoms with van der Waals surface area (Å²) >= 11 is 0. The van der Waals surface area contributed by atoms with E-state index in [0.29, 0.717) is 29.9 Å². The fraction of sp³-hybridized carbons (Fsp3) is 0.375. The summed E-state index contributed by atoms with van der Waals surface area (Å²) < 4.78 is 34.6. The number of carbonyl (C=O) groups excluding carboxylic acids is 2. The molecule has 0 saturated carbocycles. The molecule has 1 fully saturated rings. The molecule has 1 saturated heterocycles. The Morgan fingerprint density at radius 3 is 2.33 bits per heavy atom. The third kappa shape index (κ3) is 8.65. The largest absolute Gasteiger partial charge is 0.478 e. The molecule has 0 spiro atoms. The van der Waals surface area contributed by atoms with Crippen molar-refractivity contribution >= 4 is 33.6 Å². The van der Waals surface area contributed by atoms with Crippen molar-refractivity contribution in [1.29, 1.82) is 0 Å². The average Bonchev–Trinajstić information content (AvgIpc) is 3.38. The van der Waals surface area contributed by atoms with Crippen molar-refractivity contribution in [2.24, 2.45) is 0 Å². The number of aryl methyl sites for hydroxylation is 3. The maximum absolute atomic E-state index is 13.3. The standard InChI is InChI=1S/C32H39N5O7S/c1-21-14-22(2)30(23(3)15-21)45(42,43)36-32(4,31(40)41)35-28(38)20-44-26-17-25(18-34-27-12-8-9-13-33-27)37(19-26)29(39)16-24-10-6-5-7-11-24/h5-15,25-26,36H,16-20H2,1-4H3,(H,33,34)(H,35,38)(H,40,41). The molecule has 1 aliphatic rings. The second kappa shape index (κ2) is 14.2. The first-order chi connectivity index (χ1) is 21.3. The fourth-order valence-electron chi connectivity index (χ4n) is 5.60. The number of benzene rings is 2. The van der Waals surface area contributed by atoms with Gasteiger partial charge >= 0.3 is 5.97 Å². The summed E-state index contributed by atoms with van der Waals surface area (Å²) in [5, 5.41) is 15.4. The van der Waals surface area contributed by atoms with Crippen LogP contribution in [-0.4, -0.2) is 78.7 Å². The number of likely N-dealkylation sites (tertiary alicyclic amines) is 1. The average molecular weight is 638 g/mol. The van der Waals surface area contributed by atoms with Crippen LogP contribution in [0, 0.1) is 20.8 Å². The summed E-state index contributed by atoms with van der Waals surface area (Å²) in [5.41, 5.74) is 0.265. The smallest absolute Gasteiger partial charge is 0.345 e. The molecule has 3 atom stereocenters. The number of aromatic nitrogens is 1. The first-order valence-corrected chi connectivity index (χ1v) is 16.0. The minimum Gasteiger partial charge on any atom is -0.478 e. The van der Waals surface area contributed by atoms with Crippen LogP contribution >= 0.6 is 0 Å². The van der Waals surface area contributed by atoms with Crippen LogP contribution in [-0.2, 0) is 35.6 Å². The van der Waals surface area contributed by atoms with Crippen LogP contribution in [0.25, 0.3) is 0 Å². The molecule has 12 nitrogen and oxygen atoms in total. The van der Waals surface area contributed by atoms with Crippen molar-refractivity contribution in [3.05, 3.63) is 89.1 Å². The van der Waals surface area contributed by atoms with Crippen molar-refractivity contribution in [1.82, 2.24) is 19.9 Å². The van der Waals surface area contributed by atoms with Gasteiger partial charge in [0, 0.05) is 19.3 Å². The van der Waals surface area contributed by atoms with Gasteiger partial charge in [-0.1, -0.05) is 54.1 Å². The van der Waals surface area contributed by atoms with E-state index in [1.807, 2.05) is 49.4 Å². The molecule has 0 aliphatic carbocycles. The third-order valence-electron chi connectivity index (χ3n) is 7.56. The highest BCUT2D eigenvalue weighted by Crippen LogP contribution is 2.24. The lowest BCUT2D eigenvalue weighted by Gasteiger charge is -2.28. The quantitative estimate of drug-likeness (QED) is 0.206.